The minimum absolute atomic E-state index is 0.0338. The van der Waals surface area contributed by atoms with Crippen LogP contribution in [0.5, 0.6) is 0 Å². The van der Waals surface area contributed by atoms with Crippen LogP contribution in [0.2, 0.25) is 0 Å². The summed E-state index contributed by atoms with van der Waals surface area (Å²) in [6.45, 7) is 0.272. The first-order chi connectivity index (χ1) is 16.6. The number of hydrogen-bond acceptors (Lipinski definition) is 8. The van der Waals surface area contributed by atoms with Crippen molar-refractivity contribution in [2.24, 2.45) is 5.41 Å². The lowest BCUT2D eigenvalue weighted by Gasteiger charge is -2.36. The molecule has 4 heterocycles. The molecule has 5 rings (SSSR count). The number of aromatic nitrogens is 5. The molecule has 11 nitrogen and oxygen atoms in total. The fourth-order valence-electron chi connectivity index (χ4n) is 5.27. The van der Waals surface area contributed by atoms with Gasteiger partial charge in [0.15, 0.2) is 0 Å². The minimum atomic E-state index is -0.540. The largest absolute Gasteiger partial charge is 0.483 e. The van der Waals surface area contributed by atoms with Crippen LogP contribution in [0.4, 0.5) is 11.8 Å². The second kappa shape index (κ2) is 10.3. The van der Waals surface area contributed by atoms with Crippen LogP contribution in [-0.2, 0) is 22.4 Å². The topological polar surface area (TPSA) is 163 Å². The molecule has 178 valence electrons. The Kier molecular flexibility index (Phi) is 7.00. The van der Waals surface area contributed by atoms with Gasteiger partial charge in [0.2, 0.25) is 11.9 Å². The summed E-state index contributed by atoms with van der Waals surface area (Å²) < 4.78 is 0. The normalized spacial score (nSPS) is 22.6. The van der Waals surface area contributed by atoms with Gasteiger partial charge in [-0.3, -0.25) is 9.59 Å². The standard InChI is InChI=1S/C22H26N8O.CH2O2/c23-19-9-11-25-21(27-19)30-17-6-7-18(30)22(13-17,12-15-4-2-1-3-5-15)20(31)24-10-8-16-14-26-29-28-16;2-1-3/h1-5,9,11,14,17-18H,6-8,10,12-13H2,(H,24,31)(H2,23,25,27)(H,26,28,29);1H,(H,2,3)/t17-,18+,22+;/m1./s1. The highest BCUT2D eigenvalue weighted by atomic mass is 16.3. The molecule has 2 saturated heterocycles. The van der Waals surface area contributed by atoms with E-state index in [1.54, 1.807) is 18.5 Å². The van der Waals surface area contributed by atoms with Crippen molar-refractivity contribution in [2.45, 2.75) is 44.2 Å². The van der Waals surface area contributed by atoms with Crippen LogP contribution in [0, 0.1) is 5.41 Å². The van der Waals surface area contributed by atoms with Crippen molar-refractivity contribution in [3.05, 3.63) is 60.0 Å². The van der Waals surface area contributed by atoms with Gasteiger partial charge in [0.25, 0.3) is 6.47 Å². The van der Waals surface area contributed by atoms with E-state index in [4.69, 9.17) is 15.6 Å². The quantitative estimate of drug-likeness (QED) is 0.376. The Bertz CT molecular complexity index is 1090. The van der Waals surface area contributed by atoms with Gasteiger partial charge in [0, 0.05) is 31.2 Å². The number of carboxylic acid groups (broad SMARTS) is 1. The summed E-state index contributed by atoms with van der Waals surface area (Å²) in [7, 11) is 0. The second-order valence-corrected chi connectivity index (χ2v) is 8.53. The van der Waals surface area contributed by atoms with E-state index >= 15 is 0 Å². The fraction of sp³-hybridized carbons (Fsp3) is 0.391. The maximum absolute atomic E-state index is 13.7. The molecule has 34 heavy (non-hydrogen) atoms. The lowest BCUT2D eigenvalue weighted by Crippen LogP contribution is -2.51. The Balaban J connectivity index is 0.000000868. The number of fused-ring (bicyclic) bond motifs is 2. The number of nitrogen functional groups attached to an aromatic ring is 1. The maximum Gasteiger partial charge on any atom is 0.290 e. The van der Waals surface area contributed by atoms with Gasteiger partial charge in [-0.1, -0.05) is 30.3 Å². The van der Waals surface area contributed by atoms with E-state index in [2.05, 4.69) is 47.7 Å². The molecule has 5 N–H and O–H groups in total. The van der Waals surface area contributed by atoms with Crippen LogP contribution in [0.1, 0.15) is 30.5 Å². The van der Waals surface area contributed by atoms with Crippen LogP contribution in [0.3, 0.4) is 0 Å². The Hall–Kier alpha value is -4.02. The predicted molar refractivity (Wildman–Crippen MR) is 125 cm³/mol. The van der Waals surface area contributed by atoms with Crippen LogP contribution in [-0.4, -0.2) is 61.5 Å². The number of nitrogens with one attached hydrogen (secondary N) is 2. The molecule has 0 aliphatic carbocycles. The van der Waals surface area contributed by atoms with E-state index in [0.717, 1.165) is 30.5 Å². The van der Waals surface area contributed by atoms with Crippen molar-refractivity contribution in [1.29, 1.82) is 0 Å². The van der Waals surface area contributed by atoms with Crippen molar-refractivity contribution < 1.29 is 14.7 Å². The molecular weight excluding hydrogens is 436 g/mol. The van der Waals surface area contributed by atoms with E-state index < -0.39 is 5.41 Å². The average Bonchev–Trinajstić information content (AvgIpc) is 3.56. The predicted octanol–water partition coefficient (Wildman–Crippen LogP) is 1.21. The number of nitrogens with two attached hydrogens (primary N) is 1. The van der Waals surface area contributed by atoms with Gasteiger partial charge in [-0.2, -0.15) is 20.4 Å². The Labute approximate surface area is 196 Å². The zero-order valence-electron chi connectivity index (χ0n) is 18.7. The molecule has 2 bridgehead atoms. The number of anilines is 2. The van der Waals surface area contributed by atoms with Crippen LogP contribution in [0.15, 0.2) is 48.8 Å². The zero-order chi connectivity index (χ0) is 24.0. The maximum atomic E-state index is 13.7. The molecule has 0 unspecified atom stereocenters. The number of amides is 1. The Morgan fingerprint density at radius 2 is 2.09 bits per heavy atom. The molecule has 2 fully saturated rings. The lowest BCUT2D eigenvalue weighted by atomic mass is 9.69. The molecule has 0 saturated carbocycles. The van der Waals surface area contributed by atoms with Gasteiger partial charge in [-0.15, -0.1) is 0 Å². The summed E-state index contributed by atoms with van der Waals surface area (Å²) >= 11 is 0. The number of hydrogen-bond donors (Lipinski definition) is 4. The summed E-state index contributed by atoms with van der Waals surface area (Å²) in [6.07, 6.45) is 7.44. The summed E-state index contributed by atoms with van der Waals surface area (Å²) in [6, 6.07) is 12.2. The SMILES string of the molecule is Nc1ccnc(N2[C@@H]3CC[C@H]2[C@@](Cc2ccccc2)(C(=O)NCCc2cn[nH]n2)C3)n1.O=CO. The molecule has 11 heteroatoms. The van der Waals surface area contributed by atoms with Gasteiger partial charge < -0.3 is 21.1 Å². The second-order valence-electron chi connectivity index (χ2n) is 8.53. The highest BCUT2D eigenvalue weighted by molar-refractivity contribution is 5.86. The molecule has 0 radical (unpaired) electrons. The third-order valence-electron chi connectivity index (χ3n) is 6.58. The number of H-pyrrole nitrogens is 1. The average molecular weight is 465 g/mol. The van der Waals surface area contributed by atoms with Gasteiger partial charge in [-0.25, -0.2) is 4.98 Å². The molecule has 2 aliphatic heterocycles. The van der Waals surface area contributed by atoms with E-state index in [-0.39, 0.29) is 24.5 Å². The number of nitrogens with zero attached hydrogens (tertiary/aromatic N) is 5. The molecule has 2 aliphatic rings. The summed E-state index contributed by atoms with van der Waals surface area (Å²) in [5.41, 5.74) is 7.39. The molecule has 1 aromatic carbocycles. The van der Waals surface area contributed by atoms with Gasteiger partial charge >= 0.3 is 0 Å². The zero-order valence-corrected chi connectivity index (χ0v) is 18.7. The van der Waals surface area contributed by atoms with Crippen molar-refractivity contribution in [2.75, 3.05) is 17.2 Å². The van der Waals surface area contributed by atoms with Gasteiger partial charge in [-0.05, 0) is 37.3 Å². The number of carbonyl (C=O) groups excluding carboxylic acids is 1. The number of aromatic amines is 1. The summed E-state index contributed by atoms with van der Waals surface area (Å²) in [5, 5.41) is 20.6. The van der Waals surface area contributed by atoms with Crippen LogP contribution in [0.25, 0.3) is 0 Å². The fourth-order valence-corrected chi connectivity index (χ4v) is 5.27. The summed E-state index contributed by atoms with van der Waals surface area (Å²) in [5.74, 6) is 1.15. The van der Waals surface area contributed by atoms with Crippen LogP contribution < -0.4 is 16.0 Å². The Morgan fingerprint density at radius 1 is 1.29 bits per heavy atom. The Morgan fingerprint density at radius 3 is 2.79 bits per heavy atom. The number of rotatable bonds is 7. The highest BCUT2D eigenvalue weighted by Gasteiger charge is 2.60. The van der Waals surface area contributed by atoms with E-state index in [1.165, 1.54) is 0 Å². The molecule has 3 aromatic rings. The monoisotopic (exact) mass is 464 g/mol. The molecule has 3 atom stereocenters. The number of benzene rings is 1. The third-order valence-corrected chi connectivity index (χ3v) is 6.58. The first-order valence-corrected chi connectivity index (χ1v) is 11.2. The molecule has 0 spiro atoms. The highest BCUT2D eigenvalue weighted by Crippen LogP contribution is 2.52. The van der Waals surface area contributed by atoms with E-state index in [0.29, 0.717) is 31.2 Å². The minimum Gasteiger partial charge on any atom is -0.483 e. The van der Waals surface area contributed by atoms with Crippen molar-refractivity contribution >= 4 is 24.1 Å². The van der Waals surface area contributed by atoms with Crippen molar-refractivity contribution in [3.63, 3.8) is 0 Å². The summed E-state index contributed by atoms with van der Waals surface area (Å²) in [4.78, 5) is 33.2. The van der Waals surface area contributed by atoms with Gasteiger partial charge in [0.05, 0.1) is 17.3 Å². The van der Waals surface area contributed by atoms with E-state index in [9.17, 15) is 4.79 Å². The van der Waals surface area contributed by atoms with E-state index in [1.807, 2.05) is 18.2 Å². The van der Waals surface area contributed by atoms with Gasteiger partial charge in [0.1, 0.15) is 5.82 Å². The molecule has 1 amide bonds. The van der Waals surface area contributed by atoms with Crippen molar-refractivity contribution in [1.82, 2.24) is 30.7 Å². The lowest BCUT2D eigenvalue weighted by molar-refractivity contribution is -0.132. The molecule has 2 aromatic heterocycles. The smallest absolute Gasteiger partial charge is 0.290 e. The first kappa shape index (κ1) is 23.1. The molecular formula is C23H28N8O3. The van der Waals surface area contributed by atoms with Crippen LogP contribution >= 0.6 is 0 Å². The number of carbonyl (C=O) groups is 2. The third kappa shape index (κ3) is 4.68. The first-order valence-electron chi connectivity index (χ1n) is 11.2. The van der Waals surface area contributed by atoms with Crippen molar-refractivity contribution in [3.8, 4) is 0 Å².